The third-order valence-corrected chi connectivity index (χ3v) is 7.85. The van der Waals surface area contributed by atoms with Gasteiger partial charge >= 0.3 is 5.97 Å². The van der Waals surface area contributed by atoms with Gasteiger partial charge in [0.1, 0.15) is 11.5 Å². The van der Waals surface area contributed by atoms with E-state index in [0.717, 1.165) is 24.5 Å². The number of aromatic nitrogens is 1. The summed E-state index contributed by atoms with van der Waals surface area (Å²) in [6.45, 7) is 3.31. The van der Waals surface area contributed by atoms with Crippen LogP contribution < -0.4 is 30.1 Å². The Labute approximate surface area is 246 Å². The minimum atomic E-state index is -1.09. The molecule has 6 rings (SSSR count). The lowest BCUT2D eigenvalue weighted by Gasteiger charge is -2.36. The SMILES string of the molecule is COC(=O)CC(c1oc(CN2CCN(c3ccc(OC)cc3)CC2)cc(=O)c1O)c1cc2cc3c(cc2[nH]c1=O)OCO3. The number of aromatic hydroxyl groups is 1. The number of carbonyl (C=O) groups is 1. The van der Waals surface area contributed by atoms with Gasteiger partial charge in [-0.1, -0.05) is 0 Å². The highest BCUT2D eigenvalue weighted by molar-refractivity contribution is 5.84. The second kappa shape index (κ2) is 11.7. The molecular weight excluding hydrogens is 558 g/mol. The lowest BCUT2D eigenvalue weighted by atomic mass is 9.92. The van der Waals surface area contributed by atoms with Crippen LogP contribution in [0.5, 0.6) is 23.0 Å². The molecule has 43 heavy (non-hydrogen) atoms. The number of hydrogen-bond acceptors (Lipinski definition) is 11. The summed E-state index contributed by atoms with van der Waals surface area (Å²) in [7, 11) is 2.86. The van der Waals surface area contributed by atoms with Crippen molar-refractivity contribution in [1.82, 2.24) is 9.88 Å². The minimum absolute atomic E-state index is 0.0655. The Kier molecular flexibility index (Phi) is 7.68. The first kappa shape index (κ1) is 28.2. The first-order chi connectivity index (χ1) is 20.8. The molecule has 1 unspecified atom stereocenters. The summed E-state index contributed by atoms with van der Waals surface area (Å²) >= 11 is 0. The molecule has 2 aliphatic heterocycles. The van der Waals surface area contributed by atoms with Gasteiger partial charge in [0.2, 0.25) is 18.0 Å². The molecule has 1 fully saturated rings. The molecule has 4 aromatic rings. The fourth-order valence-electron chi connectivity index (χ4n) is 5.51. The molecule has 2 aromatic carbocycles. The number of fused-ring (bicyclic) bond motifs is 2. The third-order valence-electron chi connectivity index (χ3n) is 7.85. The number of carbonyl (C=O) groups excluding carboxylic acids is 1. The number of aromatic amines is 1. The van der Waals surface area contributed by atoms with E-state index in [0.29, 0.717) is 47.8 Å². The summed E-state index contributed by atoms with van der Waals surface area (Å²) in [5, 5.41) is 11.5. The third kappa shape index (κ3) is 5.73. The lowest BCUT2D eigenvalue weighted by molar-refractivity contribution is -0.140. The van der Waals surface area contributed by atoms with Crippen LogP contribution in [0.1, 0.15) is 29.4 Å². The highest BCUT2D eigenvalue weighted by atomic mass is 16.7. The number of nitrogens with one attached hydrogen (secondary N) is 1. The molecule has 0 spiro atoms. The zero-order valence-corrected chi connectivity index (χ0v) is 23.8. The molecule has 0 amide bonds. The molecule has 0 radical (unpaired) electrons. The summed E-state index contributed by atoms with van der Waals surface area (Å²) < 4.78 is 27.1. The zero-order valence-electron chi connectivity index (χ0n) is 23.8. The minimum Gasteiger partial charge on any atom is -0.502 e. The molecule has 0 bridgehead atoms. The molecule has 0 aliphatic carbocycles. The van der Waals surface area contributed by atoms with Crippen molar-refractivity contribution in [3.05, 3.63) is 86.2 Å². The van der Waals surface area contributed by atoms with Crippen molar-refractivity contribution in [1.29, 1.82) is 0 Å². The maximum absolute atomic E-state index is 13.3. The van der Waals surface area contributed by atoms with E-state index in [1.54, 1.807) is 25.3 Å². The van der Waals surface area contributed by atoms with E-state index in [-0.39, 0.29) is 24.5 Å². The first-order valence-electron chi connectivity index (χ1n) is 13.8. The Hall–Kier alpha value is -4.97. The van der Waals surface area contributed by atoms with Crippen molar-refractivity contribution in [2.24, 2.45) is 0 Å². The van der Waals surface area contributed by atoms with Gasteiger partial charge in [0.05, 0.1) is 38.6 Å². The molecule has 1 saturated heterocycles. The van der Waals surface area contributed by atoms with Gasteiger partial charge in [-0.25, -0.2) is 0 Å². The number of nitrogens with zero attached hydrogens (tertiary/aromatic N) is 2. The maximum Gasteiger partial charge on any atom is 0.306 e. The van der Waals surface area contributed by atoms with E-state index in [9.17, 15) is 19.5 Å². The van der Waals surface area contributed by atoms with Crippen LogP contribution in [0.25, 0.3) is 10.9 Å². The van der Waals surface area contributed by atoms with E-state index in [2.05, 4.69) is 14.8 Å². The van der Waals surface area contributed by atoms with Gasteiger partial charge in [-0.2, -0.15) is 0 Å². The number of piperazine rings is 1. The van der Waals surface area contributed by atoms with Gasteiger partial charge in [0, 0.05) is 54.9 Å². The van der Waals surface area contributed by atoms with Crippen LogP contribution in [-0.4, -0.2) is 68.2 Å². The number of H-pyrrole nitrogens is 1. The number of hydrogen-bond donors (Lipinski definition) is 2. The summed E-state index contributed by atoms with van der Waals surface area (Å²) in [6.07, 6.45) is -0.337. The van der Waals surface area contributed by atoms with Gasteiger partial charge < -0.3 is 38.4 Å². The van der Waals surface area contributed by atoms with Gasteiger partial charge in [-0.3, -0.25) is 19.3 Å². The maximum atomic E-state index is 13.3. The Bertz CT molecular complexity index is 1770. The van der Waals surface area contributed by atoms with Gasteiger partial charge in [-0.05, 0) is 36.4 Å². The highest BCUT2D eigenvalue weighted by Gasteiger charge is 2.30. The van der Waals surface area contributed by atoms with Crippen LogP contribution >= 0.6 is 0 Å². The van der Waals surface area contributed by atoms with E-state index in [4.69, 9.17) is 23.4 Å². The number of methoxy groups -OCH3 is 2. The normalized spacial score (nSPS) is 15.4. The van der Waals surface area contributed by atoms with Crippen molar-refractivity contribution in [2.75, 3.05) is 52.1 Å². The van der Waals surface area contributed by atoms with Crippen molar-refractivity contribution >= 4 is 22.6 Å². The Balaban J connectivity index is 1.28. The summed E-state index contributed by atoms with van der Waals surface area (Å²) in [5.74, 6) is -0.443. The first-order valence-corrected chi connectivity index (χ1v) is 13.8. The van der Waals surface area contributed by atoms with Crippen molar-refractivity contribution in [2.45, 2.75) is 18.9 Å². The number of ether oxygens (including phenoxy) is 4. The van der Waals surface area contributed by atoms with Crippen LogP contribution in [-0.2, 0) is 16.1 Å². The fourth-order valence-corrected chi connectivity index (χ4v) is 5.51. The quantitative estimate of drug-likeness (QED) is 0.293. The van der Waals surface area contributed by atoms with Crippen molar-refractivity contribution < 1.29 is 33.3 Å². The largest absolute Gasteiger partial charge is 0.502 e. The molecule has 2 aliphatic rings. The summed E-state index contributed by atoms with van der Waals surface area (Å²) in [4.78, 5) is 45.9. The average Bonchev–Trinajstić information content (AvgIpc) is 3.48. The molecule has 4 heterocycles. The standard InChI is InChI=1S/C31H31N3O9/c1-39-20-5-3-19(4-6-20)34-9-7-33(8-10-34)16-21-13-25(35)29(37)30(43-21)22(14-28(36)40-2)23-11-18-12-26-27(42-17-41-26)15-24(18)32-31(23)38/h3-6,11-13,15,22,37H,7-10,14,16-17H2,1-2H3,(H,32,38). The predicted octanol–water partition coefficient (Wildman–Crippen LogP) is 2.94. The van der Waals surface area contributed by atoms with Crippen LogP contribution in [0.3, 0.4) is 0 Å². The molecule has 0 saturated carbocycles. The number of pyridine rings is 1. The smallest absolute Gasteiger partial charge is 0.306 e. The van der Waals surface area contributed by atoms with E-state index < -0.39 is 28.6 Å². The number of rotatable bonds is 8. The average molecular weight is 590 g/mol. The van der Waals surface area contributed by atoms with E-state index >= 15 is 0 Å². The molecule has 224 valence electrons. The summed E-state index contributed by atoms with van der Waals surface area (Å²) in [6, 6.07) is 14.1. The molecular formula is C31H31N3O9. The topological polar surface area (TPSA) is 144 Å². The van der Waals surface area contributed by atoms with E-state index in [1.165, 1.54) is 13.2 Å². The lowest BCUT2D eigenvalue weighted by Crippen LogP contribution is -2.46. The molecule has 2 N–H and O–H groups in total. The molecule has 12 heteroatoms. The highest BCUT2D eigenvalue weighted by Crippen LogP contribution is 2.37. The van der Waals surface area contributed by atoms with Crippen LogP contribution in [0.4, 0.5) is 5.69 Å². The summed E-state index contributed by atoms with van der Waals surface area (Å²) in [5.41, 5.74) is 0.545. The second-order valence-electron chi connectivity index (χ2n) is 10.4. The monoisotopic (exact) mass is 589 g/mol. The Morgan fingerprint density at radius 3 is 2.42 bits per heavy atom. The Morgan fingerprint density at radius 2 is 1.72 bits per heavy atom. The number of esters is 1. The Morgan fingerprint density at radius 1 is 1.00 bits per heavy atom. The molecule has 12 nitrogen and oxygen atoms in total. The molecule has 2 aromatic heterocycles. The predicted molar refractivity (Wildman–Crippen MR) is 156 cm³/mol. The zero-order chi connectivity index (χ0) is 30.1. The van der Waals surface area contributed by atoms with Crippen LogP contribution in [0.15, 0.2) is 62.5 Å². The van der Waals surface area contributed by atoms with Crippen molar-refractivity contribution in [3.63, 3.8) is 0 Å². The van der Waals surface area contributed by atoms with Crippen LogP contribution in [0, 0.1) is 0 Å². The van der Waals surface area contributed by atoms with Crippen molar-refractivity contribution in [3.8, 4) is 23.0 Å². The van der Waals surface area contributed by atoms with Crippen LogP contribution in [0.2, 0.25) is 0 Å². The van der Waals surface area contributed by atoms with Gasteiger partial charge in [0.15, 0.2) is 17.3 Å². The van der Waals surface area contributed by atoms with Gasteiger partial charge in [-0.15, -0.1) is 0 Å². The van der Waals surface area contributed by atoms with E-state index in [1.807, 2.05) is 24.3 Å². The molecule has 1 atom stereocenters. The number of anilines is 1. The van der Waals surface area contributed by atoms with Gasteiger partial charge in [0.25, 0.3) is 5.56 Å². The number of benzene rings is 2. The second-order valence-corrected chi connectivity index (χ2v) is 10.4. The fraction of sp³-hybridized carbons (Fsp3) is 0.323.